The third kappa shape index (κ3) is 3.17. The predicted octanol–water partition coefficient (Wildman–Crippen LogP) is 1.60. The number of hydrogen-bond donors (Lipinski definition) is 1. The standard InChI is InChI=1S/C22H29N3O5/c1-29-20-16(22(28)24-6-7-30-19-9-13(12-26)8-18(19)24)10-15-17(23-20)11-25(21(15)27)14-4-2-3-5-14/h10,13-14,18-19,26H,2-9,11-12H2,1H3/t13-,18+,19+/m1/s1. The molecule has 162 valence electrons. The van der Waals surface area contributed by atoms with Crippen LogP contribution in [0.15, 0.2) is 6.07 Å². The zero-order valence-electron chi connectivity index (χ0n) is 17.4. The molecule has 8 heteroatoms. The van der Waals surface area contributed by atoms with Crippen molar-refractivity contribution in [2.24, 2.45) is 5.92 Å². The summed E-state index contributed by atoms with van der Waals surface area (Å²) in [6.07, 6.45) is 5.81. The van der Waals surface area contributed by atoms with Gasteiger partial charge in [0.1, 0.15) is 5.56 Å². The van der Waals surface area contributed by atoms with Crippen molar-refractivity contribution in [3.63, 3.8) is 0 Å². The molecule has 0 aromatic carbocycles. The monoisotopic (exact) mass is 415 g/mol. The Bertz CT molecular complexity index is 853. The summed E-state index contributed by atoms with van der Waals surface area (Å²) in [5.74, 6) is 0.225. The zero-order chi connectivity index (χ0) is 20.8. The van der Waals surface area contributed by atoms with E-state index in [1.807, 2.05) is 9.80 Å². The van der Waals surface area contributed by atoms with E-state index in [4.69, 9.17) is 9.47 Å². The highest BCUT2D eigenvalue weighted by atomic mass is 16.5. The lowest BCUT2D eigenvalue weighted by Gasteiger charge is -2.37. The number of rotatable bonds is 4. The third-order valence-corrected chi connectivity index (χ3v) is 7.22. The second kappa shape index (κ2) is 7.81. The van der Waals surface area contributed by atoms with Crippen LogP contribution in [0.25, 0.3) is 0 Å². The minimum Gasteiger partial charge on any atom is -0.480 e. The van der Waals surface area contributed by atoms with Crippen molar-refractivity contribution in [1.29, 1.82) is 0 Å². The van der Waals surface area contributed by atoms with Gasteiger partial charge in [-0.2, -0.15) is 0 Å². The van der Waals surface area contributed by atoms with E-state index in [0.717, 1.165) is 38.5 Å². The van der Waals surface area contributed by atoms with Crippen molar-refractivity contribution in [2.45, 2.75) is 63.3 Å². The van der Waals surface area contributed by atoms with E-state index in [-0.39, 0.29) is 48.4 Å². The van der Waals surface area contributed by atoms with Crippen LogP contribution in [-0.4, -0.2) is 76.8 Å². The highest BCUT2D eigenvalue weighted by molar-refractivity contribution is 6.03. The average Bonchev–Trinajstić information content (AvgIpc) is 3.50. The lowest BCUT2D eigenvalue weighted by molar-refractivity contribution is -0.0449. The Morgan fingerprint density at radius 2 is 2.13 bits per heavy atom. The Morgan fingerprint density at radius 1 is 1.33 bits per heavy atom. The topological polar surface area (TPSA) is 92.2 Å². The van der Waals surface area contributed by atoms with Crippen molar-refractivity contribution in [2.75, 3.05) is 26.9 Å². The van der Waals surface area contributed by atoms with Crippen molar-refractivity contribution in [3.8, 4) is 5.88 Å². The maximum Gasteiger partial charge on any atom is 0.259 e. The van der Waals surface area contributed by atoms with Gasteiger partial charge >= 0.3 is 0 Å². The van der Waals surface area contributed by atoms with Crippen LogP contribution in [0.3, 0.4) is 0 Å². The average molecular weight is 415 g/mol. The quantitative estimate of drug-likeness (QED) is 0.803. The predicted molar refractivity (Wildman–Crippen MR) is 107 cm³/mol. The van der Waals surface area contributed by atoms with Gasteiger partial charge in [0, 0.05) is 19.2 Å². The molecule has 2 saturated carbocycles. The maximum absolute atomic E-state index is 13.5. The molecule has 2 aliphatic heterocycles. The molecule has 0 bridgehead atoms. The molecular formula is C22H29N3O5. The van der Waals surface area contributed by atoms with Crippen LogP contribution in [0, 0.1) is 5.92 Å². The van der Waals surface area contributed by atoms with E-state index >= 15 is 0 Å². The van der Waals surface area contributed by atoms with Crippen LogP contribution < -0.4 is 4.74 Å². The minimum atomic E-state index is -0.175. The van der Waals surface area contributed by atoms with E-state index in [9.17, 15) is 14.7 Å². The highest BCUT2D eigenvalue weighted by Crippen LogP contribution is 2.37. The van der Waals surface area contributed by atoms with E-state index in [1.54, 1.807) is 6.07 Å². The van der Waals surface area contributed by atoms with Crippen molar-refractivity contribution < 1.29 is 24.2 Å². The number of methoxy groups -OCH3 is 1. The fraction of sp³-hybridized carbons (Fsp3) is 0.682. The van der Waals surface area contributed by atoms with E-state index in [1.165, 1.54) is 7.11 Å². The summed E-state index contributed by atoms with van der Waals surface area (Å²) >= 11 is 0. The Hall–Kier alpha value is -2.19. The first-order chi connectivity index (χ1) is 14.6. The van der Waals surface area contributed by atoms with E-state index in [0.29, 0.717) is 36.5 Å². The number of morpholine rings is 1. The summed E-state index contributed by atoms with van der Waals surface area (Å²) in [4.78, 5) is 34.9. The van der Waals surface area contributed by atoms with Gasteiger partial charge in [0.2, 0.25) is 5.88 Å². The molecule has 2 amide bonds. The third-order valence-electron chi connectivity index (χ3n) is 7.22. The first-order valence-electron chi connectivity index (χ1n) is 11.0. The Kier molecular flexibility index (Phi) is 5.14. The summed E-state index contributed by atoms with van der Waals surface area (Å²) in [5, 5.41) is 9.56. The van der Waals surface area contributed by atoms with Crippen molar-refractivity contribution in [1.82, 2.24) is 14.8 Å². The molecule has 3 fully saturated rings. The number of ether oxygens (including phenoxy) is 2. The molecule has 0 spiro atoms. The minimum absolute atomic E-state index is 0.0258. The molecule has 1 N–H and O–H groups in total. The molecule has 1 aromatic rings. The van der Waals surface area contributed by atoms with Crippen LogP contribution in [-0.2, 0) is 11.3 Å². The van der Waals surface area contributed by atoms with Gasteiger partial charge in [-0.1, -0.05) is 12.8 Å². The van der Waals surface area contributed by atoms with Gasteiger partial charge in [-0.3, -0.25) is 9.59 Å². The van der Waals surface area contributed by atoms with Gasteiger partial charge in [-0.15, -0.1) is 0 Å². The van der Waals surface area contributed by atoms with Crippen LogP contribution in [0.5, 0.6) is 5.88 Å². The summed E-state index contributed by atoms with van der Waals surface area (Å²) in [7, 11) is 1.51. The van der Waals surface area contributed by atoms with Gasteiger partial charge in [0.15, 0.2) is 0 Å². The number of aliphatic hydroxyl groups excluding tert-OH is 1. The number of hydrogen-bond acceptors (Lipinski definition) is 6. The molecule has 1 saturated heterocycles. The second-order valence-electron chi connectivity index (χ2n) is 8.91. The number of aliphatic hydroxyl groups is 1. The SMILES string of the molecule is COc1nc2c(cc1C(=O)N1CCO[C@H]3C[C@H](CO)C[C@@H]31)C(=O)N(C1CCCC1)C2. The fourth-order valence-electron chi connectivity index (χ4n) is 5.65. The summed E-state index contributed by atoms with van der Waals surface area (Å²) in [6, 6.07) is 1.89. The van der Waals surface area contributed by atoms with Gasteiger partial charge in [-0.05, 0) is 37.7 Å². The lowest BCUT2D eigenvalue weighted by Crippen LogP contribution is -2.51. The number of aromatic nitrogens is 1. The number of amides is 2. The first kappa shape index (κ1) is 19.8. The molecule has 5 rings (SSSR count). The summed E-state index contributed by atoms with van der Waals surface area (Å²) < 4.78 is 11.3. The molecule has 3 atom stereocenters. The normalized spacial score (nSPS) is 28.7. The second-order valence-corrected chi connectivity index (χ2v) is 8.91. The fourth-order valence-corrected chi connectivity index (χ4v) is 5.65. The molecule has 3 heterocycles. The van der Waals surface area contributed by atoms with Crippen LogP contribution >= 0.6 is 0 Å². The van der Waals surface area contributed by atoms with E-state index < -0.39 is 0 Å². The Labute approximate surface area is 176 Å². The number of pyridine rings is 1. The molecule has 8 nitrogen and oxygen atoms in total. The highest BCUT2D eigenvalue weighted by Gasteiger charge is 2.44. The van der Waals surface area contributed by atoms with Crippen LogP contribution in [0.1, 0.15) is 64.9 Å². The first-order valence-corrected chi connectivity index (χ1v) is 11.0. The number of carbonyl (C=O) groups is 2. The summed E-state index contributed by atoms with van der Waals surface area (Å²) in [6.45, 7) is 1.55. The van der Waals surface area contributed by atoms with Gasteiger partial charge in [0.05, 0.1) is 43.7 Å². The largest absolute Gasteiger partial charge is 0.480 e. The molecule has 2 aliphatic carbocycles. The van der Waals surface area contributed by atoms with Gasteiger partial charge in [-0.25, -0.2) is 4.98 Å². The summed E-state index contributed by atoms with van der Waals surface area (Å²) in [5.41, 5.74) is 1.56. The molecule has 1 aromatic heterocycles. The molecule has 0 radical (unpaired) electrons. The lowest BCUT2D eigenvalue weighted by atomic mass is 10.1. The van der Waals surface area contributed by atoms with E-state index in [2.05, 4.69) is 4.98 Å². The molecule has 4 aliphatic rings. The smallest absolute Gasteiger partial charge is 0.259 e. The number of carbonyl (C=O) groups excluding carboxylic acids is 2. The van der Waals surface area contributed by atoms with Gasteiger partial charge in [0.25, 0.3) is 11.8 Å². The molecule has 0 unspecified atom stereocenters. The maximum atomic E-state index is 13.5. The van der Waals surface area contributed by atoms with Crippen molar-refractivity contribution >= 4 is 11.8 Å². The van der Waals surface area contributed by atoms with Crippen LogP contribution in [0.2, 0.25) is 0 Å². The van der Waals surface area contributed by atoms with Crippen molar-refractivity contribution in [3.05, 3.63) is 22.9 Å². The number of nitrogens with zero attached hydrogens (tertiary/aromatic N) is 3. The van der Waals surface area contributed by atoms with Gasteiger partial charge < -0.3 is 24.4 Å². The molecular weight excluding hydrogens is 386 g/mol. The molecule has 30 heavy (non-hydrogen) atoms. The Morgan fingerprint density at radius 3 is 2.87 bits per heavy atom. The Balaban J connectivity index is 1.44. The van der Waals surface area contributed by atoms with Crippen LogP contribution in [0.4, 0.5) is 0 Å². The zero-order valence-corrected chi connectivity index (χ0v) is 17.4. The number of fused-ring (bicyclic) bond motifs is 2.